The number of fused-ring (bicyclic) bond motifs is 1. The minimum atomic E-state index is -1.74. The van der Waals surface area contributed by atoms with Crippen LogP contribution in [0.15, 0.2) is 53.5 Å². The number of amides is 1. The molecule has 2 aromatic rings. The van der Waals surface area contributed by atoms with Gasteiger partial charge in [0, 0.05) is 18.9 Å². The van der Waals surface area contributed by atoms with E-state index in [-0.39, 0.29) is 37.0 Å². The molecule has 12 heteroatoms. The van der Waals surface area contributed by atoms with E-state index in [0.29, 0.717) is 12.8 Å². The number of nitro groups is 1. The van der Waals surface area contributed by atoms with Crippen LogP contribution in [0.25, 0.3) is 16.8 Å². The first-order valence-electron chi connectivity index (χ1n) is 12.1. The van der Waals surface area contributed by atoms with E-state index in [9.17, 15) is 29.8 Å². The number of nitrogens with two attached hydrogens (primary N) is 1. The first-order chi connectivity index (χ1) is 17.5. The average Bonchev–Trinajstić information content (AvgIpc) is 2.83. The molecule has 0 saturated carbocycles. The minimum Gasteiger partial charge on any atom is -0.426 e. The van der Waals surface area contributed by atoms with E-state index in [1.807, 2.05) is 56.3 Å². The van der Waals surface area contributed by atoms with Gasteiger partial charge in [-0.15, -0.1) is 0 Å². The highest BCUT2D eigenvalue weighted by Gasteiger charge is 2.29. The number of benzene rings is 2. The van der Waals surface area contributed by atoms with Gasteiger partial charge in [0.2, 0.25) is 5.91 Å². The molecule has 198 valence electrons. The fraction of sp³-hybridized carbons (Fsp3) is 0.400. The Hall–Kier alpha value is -3.77. The summed E-state index contributed by atoms with van der Waals surface area (Å²) < 4.78 is 0. The minimum absolute atomic E-state index is 0.0990. The van der Waals surface area contributed by atoms with Crippen molar-refractivity contribution in [1.82, 2.24) is 10.7 Å². The van der Waals surface area contributed by atoms with E-state index in [0.717, 1.165) is 16.3 Å². The van der Waals surface area contributed by atoms with Crippen molar-refractivity contribution < 1.29 is 24.7 Å². The van der Waals surface area contributed by atoms with E-state index in [4.69, 9.17) is 5.73 Å². The first-order valence-corrected chi connectivity index (χ1v) is 12.1. The number of hydrogen-bond acceptors (Lipinski definition) is 7. The molecule has 2 aromatic carbocycles. The van der Waals surface area contributed by atoms with Gasteiger partial charge in [-0.2, -0.15) is 0 Å². The number of ketones is 1. The second-order valence-corrected chi connectivity index (χ2v) is 9.24. The lowest BCUT2D eigenvalue weighted by Crippen LogP contribution is -2.49. The van der Waals surface area contributed by atoms with Crippen LogP contribution in [-0.4, -0.2) is 52.3 Å². The Morgan fingerprint density at radius 1 is 1.19 bits per heavy atom. The number of carbonyl (C=O) groups excluding carboxylic acids is 2. The lowest BCUT2D eigenvalue weighted by atomic mass is 9.74. The van der Waals surface area contributed by atoms with E-state index in [2.05, 4.69) is 10.3 Å². The highest BCUT2D eigenvalue weighted by atomic mass is 16.7. The molecule has 2 atom stereocenters. The number of aliphatic imine (C=N–C) groups is 1. The Kier molecular flexibility index (Phi) is 11.7. The van der Waals surface area contributed by atoms with Crippen molar-refractivity contribution in [3.05, 3.63) is 64.2 Å². The fourth-order valence-corrected chi connectivity index (χ4v) is 3.87. The van der Waals surface area contributed by atoms with Crippen molar-refractivity contribution in [3.8, 4) is 0 Å². The average molecular weight is 511 g/mol. The summed E-state index contributed by atoms with van der Waals surface area (Å²) in [6.07, 6.45) is 3.94. The number of nitrogens with one attached hydrogen (secondary N) is 2. The Balaban J connectivity index is 2.09. The van der Waals surface area contributed by atoms with Crippen LogP contribution in [0.5, 0.6) is 0 Å². The van der Waals surface area contributed by atoms with E-state index in [1.54, 1.807) is 11.5 Å². The quantitative estimate of drug-likeness (QED) is 0.0485. The van der Waals surface area contributed by atoms with Gasteiger partial charge in [-0.3, -0.25) is 9.59 Å². The molecular weight excluding hydrogens is 477 g/mol. The van der Waals surface area contributed by atoms with Crippen LogP contribution in [0.3, 0.4) is 0 Å². The van der Waals surface area contributed by atoms with Crippen molar-refractivity contribution in [1.29, 1.82) is 0 Å². The summed E-state index contributed by atoms with van der Waals surface area (Å²) in [5.41, 5.74) is 7.99. The van der Waals surface area contributed by atoms with Crippen LogP contribution in [-0.2, 0) is 9.59 Å². The van der Waals surface area contributed by atoms with Crippen LogP contribution < -0.4 is 16.5 Å². The smallest absolute Gasteiger partial charge is 0.426 e. The lowest BCUT2D eigenvalue weighted by molar-refractivity contribution is -0.525. The number of nitrogens with zero attached hydrogens (tertiary/aromatic N) is 2. The third kappa shape index (κ3) is 10.8. The van der Waals surface area contributed by atoms with Gasteiger partial charge in [-0.25, -0.2) is 15.1 Å². The van der Waals surface area contributed by atoms with Gasteiger partial charge >= 0.3 is 7.12 Å². The van der Waals surface area contributed by atoms with Gasteiger partial charge in [0.25, 0.3) is 5.96 Å². The zero-order chi connectivity index (χ0) is 27.4. The maximum Gasteiger partial charge on any atom is 0.475 e. The molecule has 1 amide bonds. The maximum absolute atomic E-state index is 13.0. The van der Waals surface area contributed by atoms with Gasteiger partial charge in [0.15, 0.2) is 10.8 Å². The molecule has 0 fully saturated rings. The van der Waals surface area contributed by atoms with Crippen molar-refractivity contribution in [3.63, 3.8) is 0 Å². The van der Waals surface area contributed by atoms with E-state index < -0.39 is 29.9 Å². The molecule has 0 aliphatic carbocycles. The van der Waals surface area contributed by atoms with Crippen LogP contribution in [0.2, 0.25) is 0 Å². The Morgan fingerprint density at radius 2 is 1.89 bits per heavy atom. The highest BCUT2D eigenvalue weighted by molar-refractivity contribution is 6.43. The molecule has 0 aliphatic heterocycles. The summed E-state index contributed by atoms with van der Waals surface area (Å²) in [6, 6.07) is 13.7. The van der Waals surface area contributed by atoms with Crippen molar-refractivity contribution in [2.75, 3.05) is 6.54 Å². The second-order valence-electron chi connectivity index (χ2n) is 9.24. The highest BCUT2D eigenvalue weighted by Crippen LogP contribution is 2.18. The predicted octanol–water partition coefficient (Wildman–Crippen LogP) is 1.85. The van der Waals surface area contributed by atoms with Crippen molar-refractivity contribution in [2.24, 2.45) is 22.6 Å². The van der Waals surface area contributed by atoms with Gasteiger partial charge in [-0.1, -0.05) is 61.7 Å². The maximum atomic E-state index is 13.0. The Morgan fingerprint density at radius 3 is 2.54 bits per heavy atom. The third-order valence-corrected chi connectivity index (χ3v) is 5.67. The molecule has 2 rings (SSSR count). The molecule has 0 saturated heterocycles. The van der Waals surface area contributed by atoms with Gasteiger partial charge < -0.3 is 21.1 Å². The summed E-state index contributed by atoms with van der Waals surface area (Å²) in [6.45, 7) is 3.89. The number of hydrazine groups is 1. The molecule has 0 heterocycles. The fourth-order valence-electron chi connectivity index (χ4n) is 3.87. The number of guanidine groups is 1. The molecule has 0 spiro atoms. The first kappa shape index (κ1) is 29.5. The molecule has 0 bridgehead atoms. The molecule has 6 N–H and O–H groups in total. The Bertz CT molecular complexity index is 1140. The summed E-state index contributed by atoms with van der Waals surface area (Å²) in [5.74, 6) is -2.65. The summed E-state index contributed by atoms with van der Waals surface area (Å²) in [7, 11) is -1.74. The number of allylic oxidation sites excluding steroid dienone is 1. The summed E-state index contributed by atoms with van der Waals surface area (Å²) in [4.78, 5) is 40.0. The molecule has 11 nitrogen and oxygen atoms in total. The second kappa shape index (κ2) is 14.7. The van der Waals surface area contributed by atoms with Crippen LogP contribution >= 0.6 is 0 Å². The monoisotopic (exact) mass is 511 g/mol. The van der Waals surface area contributed by atoms with Crippen LogP contribution in [0, 0.1) is 22.0 Å². The molecule has 37 heavy (non-hydrogen) atoms. The van der Waals surface area contributed by atoms with Gasteiger partial charge in [0.1, 0.15) is 0 Å². The standard InChI is InChI=1S/C25H34BN5O6/c1-17(2)14-23(26(34)35)29-24(33)21(8-5-13-28-25(27)30-31(36)37)16-22(32)12-10-18-9-11-19-6-3-4-7-20(19)15-18/h3-4,6-7,9-12,15,17,21,23,34-35H,5,8,13-14,16H2,1-2H3,(H,29,33)(H3,27,28,30)/b12-10+/t21-,23+/m1/s1. The topological polar surface area (TPSA) is 180 Å². The normalized spacial score (nSPS) is 13.5. The number of hydrogen-bond donors (Lipinski definition) is 5. The SMILES string of the molecule is CC(C)C[C@H](NC(=O)[C@H](CCCN=C(N)N[N+](=O)[O-])CC(=O)/C=C/c1ccc2ccccc2c1)B(O)O. The molecule has 0 radical (unpaired) electrons. The van der Waals surface area contributed by atoms with Crippen LogP contribution in [0.1, 0.15) is 45.1 Å². The number of rotatable bonds is 14. The predicted molar refractivity (Wildman–Crippen MR) is 144 cm³/mol. The van der Waals surface area contributed by atoms with E-state index in [1.165, 1.54) is 6.08 Å². The summed E-state index contributed by atoms with van der Waals surface area (Å²) >= 11 is 0. The molecule has 0 unspecified atom stereocenters. The molecular formula is C25H34BN5O6. The van der Waals surface area contributed by atoms with Gasteiger partial charge in [-0.05, 0) is 53.7 Å². The largest absolute Gasteiger partial charge is 0.475 e. The van der Waals surface area contributed by atoms with Crippen LogP contribution in [0.4, 0.5) is 0 Å². The lowest BCUT2D eigenvalue weighted by Gasteiger charge is -2.23. The zero-order valence-electron chi connectivity index (χ0n) is 21.0. The number of carbonyl (C=O) groups is 2. The molecule has 0 aromatic heterocycles. The van der Waals surface area contributed by atoms with Crippen molar-refractivity contribution in [2.45, 2.75) is 45.5 Å². The van der Waals surface area contributed by atoms with Crippen molar-refractivity contribution >= 4 is 41.6 Å². The third-order valence-electron chi connectivity index (χ3n) is 5.67. The van der Waals surface area contributed by atoms with Gasteiger partial charge in [0.05, 0.1) is 5.94 Å². The summed E-state index contributed by atoms with van der Waals surface area (Å²) in [5, 5.41) is 33.7. The molecule has 0 aliphatic rings. The zero-order valence-corrected chi connectivity index (χ0v) is 21.0. The Labute approximate surface area is 216 Å². The van der Waals surface area contributed by atoms with E-state index >= 15 is 0 Å².